The summed E-state index contributed by atoms with van der Waals surface area (Å²) in [6.07, 6.45) is 4.36. The van der Waals surface area contributed by atoms with Gasteiger partial charge in [-0.2, -0.15) is 0 Å². The van der Waals surface area contributed by atoms with Gasteiger partial charge in [0.15, 0.2) is 0 Å². The molecule has 7 aromatic carbocycles. The largest absolute Gasteiger partial charge is 0.311 e. The van der Waals surface area contributed by atoms with E-state index >= 15 is 0 Å². The second-order valence-corrected chi connectivity index (χ2v) is 14.1. The van der Waals surface area contributed by atoms with Crippen molar-refractivity contribution < 1.29 is 0 Å². The summed E-state index contributed by atoms with van der Waals surface area (Å²) in [7, 11) is 0. The standard InChI is InChI=1S/C49H44N2/c1-37-12-11-17-48(36-37)51(47-34-28-42(29-35-47)49(2,3)4)46-32-26-41(27-33-46)40-24-20-38(21-25-40)18-19-39-22-30-45(31-23-39)50(43-13-7-5-8-14-43)44-15-9-6-10-16-44/h5-36H,1-4H3. The zero-order valence-corrected chi connectivity index (χ0v) is 29.9. The molecule has 0 aliphatic rings. The average Bonchev–Trinajstić information content (AvgIpc) is 3.16. The van der Waals surface area contributed by atoms with Crippen LogP contribution >= 0.6 is 0 Å². The summed E-state index contributed by atoms with van der Waals surface area (Å²) >= 11 is 0. The third kappa shape index (κ3) is 7.87. The maximum atomic E-state index is 2.34. The smallest absolute Gasteiger partial charge is 0.0464 e. The van der Waals surface area contributed by atoms with Gasteiger partial charge in [0.05, 0.1) is 0 Å². The van der Waals surface area contributed by atoms with Crippen molar-refractivity contribution in [2.75, 3.05) is 9.80 Å². The topological polar surface area (TPSA) is 6.48 Å². The highest BCUT2D eigenvalue weighted by Crippen LogP contribution is 2.38. The van der Waals surface area contributed by atoms with Crippen LogP contribution in [0.3, 0.4) is 0 Å². The minimum absolute atomic E-state index is 0.110. The van der Waals surface area contributed by atoms with Crippen molar-refractivity contribution in [2.45, 2.75) is 33.1 Å². The van der Waals surface area contributed by atoms with Crippen molar-refractivity contribution in [3.63, 3.8) is 0 Å². The van der Waals surface area contributed by atoms with E-state index in [0.717, 1.165) is 39.7 Å². The van der Waals surface area contributed by atoms with Gasteiger partial charge in [0.25, 0.3) is 0 Å². The fourth-order valence-corrected chi connectivity index (χ4v) is 6.44. The van der Waals surface area contributed by atoms with Gasteiger partial charge in [0.2, 0.25) is 0 Å². The number of hydrogen-bond donors (Lipinski definition) is 0. The molecule has 0 saturated carbocycles. The van der Waals surface area contributed by atoms with Crippen LogP contribution in [0, 0.1) is 6.92 Å². The number of benzene rings is 7. The summed E-state index contributed by atoms with van der Waals surface area (Å²) in [5.41, 5.74) is 14.2. The number of aryl methyl sites for hydroxylation is 1. The Bertz CT molecular complexity index is 2150. The molecule has 0 saturated heterocycles. The lowest BCUT2D eigenvalue weighted by molar-refractivity contribution is 0.590. The van der Waals surface area contributed by atoms with Gasteiger partial charge in [0, 0.05) is 34.1 Å². The van der Waals surface area contributed by atoms with Crippen molar-refractivity contribution in [3.05, 3.63) is 204 Å². The van der Waals surface area contributed by atoms with Gasteiger partial charge in [0.1, 0.15) is 0 Å². The van der Waals surface area contributed by atoms with Crippen molar-refractivity contribution in [3.8, 4) is 11.1 Å². The molecule has 2 heteroatoms. The summed E-state index contributed by atoms with van der Waals surface area (Å²) in [5, 5.41) is 0. The summed E-state index contributed by atoms with van der Waals surface area (Å²) in [6.45, 7) is 8.92. The number of para-hydroxylation sites is 2. The van der Waals surface area contributed by atoms with Crippen LogP contribution < -0.4 is 9.80 Å². The van der Waals surface area contributed by atoms with Crippen molar-refractivity contribution >= 4 is 46.3 Å². The van der Waals surface area contributed by atoms with E-state index in [1.807, 2.05) is 0 Å². The maximum Gasteiger partial charge on any atom is 0.0464 e. The normalized spacial score (nSPS) is 11.5. The first kappa shape index (κ1) is 33.4. The molecule has 0 atom stereocenters. The van der Waals surface area contributed by atoms with Crippen molar-refractivity contribution in [1.29, 1.82) is 0 Å². The molecule has 0 aliphatic carbocycles. The minimum Gasteiger partial charge on any atom is -0.311 e. The maximum absolute atomic E-state index is 2.34. The van der Waals surface area contributed by atoms with Crippen LogP contribution in [0.4, 0.5) is 34.1 Å². The molecule has 250 valence electrons. The summed E-state index contributed by atoms with van der Waals surface area (Å²) < 4.78 is 0. The van der Waals surface area contributed by atoms with E-state index in [1.165, 1.54) is 27.8 Å². The number of hydrogen-bond acceptors (Lipinski definition) is 2. The molecule has 0 bridgehead atoms. The molecule has 7 aromatic rings. The molecule has 0 fully saturated rings. The van der Waals surface area contributed by atoms with E-state index in [4.69, 9.17) is 0 Å². The van der Waals surface area contributed by atoms with E-state index in [0.29, 0.717) is 0 Å². The van der Waals surface area contributed by atoms with Crippen molar-refractivity contribution in [1.82, 2.24) is 0 Å². The van der Waals surface area contributed by atoms with Gasteiger partial charge in [-0.3, -0.25) is 0 Å². The number of anilines is 6. The molecule has 0 radical (unpaired) electrons. The van der Waals surface area contributed by atoms with Crippen molar-refractivity contribution in [2.24, 2.45) is 0 Å². The SMILES string of the molecule is Cc1cccc(N(c2ccc(-c3ccc(C=Cc4ccc(N(c5ccccc5)c5ccccc5)cc4)cc3)cc2)c2ccc(C(C)(C)C)cc2)c1. The van der Waals surface area contributed by atoms with Gasteiger partial charge >= 0.3 is 0 Å². The molecule has 0 aliphatic heterocycles. The summed E-state index contributed by atoms with van der Waals surface area (Å²) in [4.78, 5) is 4.62. The summed E-state index contributed by atoms with van der Waals surface area (Å²) in [6, 6.07) is 65.1. The minimum atomic E-state index is 0.110. The Labute approximate surface area is 303 Å². The zero-order chi connectivity index (χ0) is 35.2. The fraction of sp³-hybridized carbons (Fsp3) is 0.102. The Morgan fingerprint density at radius 2 is 0.745 bits per heavy atom. The third-order valence-corrected chi connectivity index (χ3v) is 9.27. The zero-order valence-electron chi connectivity index (χ0n) is 29.9. The van der Waals surface area contributed by atoms with Crippen LogP contribution in [0.25, 0.3) is 23.3 Å². The van der Waals surface area contributed by atoms with Gasteiger partial charge in [-0.1, -0.05) is 142 Å². The predicted octanol–water partition coefficient (Wildman–Crippen LogP) is 14.1. The highest BCUT2D eigenvalue weighted by molar-refractivity contribution is 5.80. The van der Waals surface area contributed by atoms with Crippen LogP contribution in [0.5, 0.6) is 0 Å². The van der Waals surface area contributed by atoms with Crippen LogP contribution in [0.2, 0.25) is 0 Å². The third-order valence-electron chi connectivity index (χ3n) is 9.27. The molecular formula is C49H44N2. The molecule has 51 heavy (non-hydrogen) atoms. The van der Waals surface area contributed by atoms with Crippen LogP contribution in [0.1, 0.15) is 43.0 Å². The highest BCUT2D eigenvalue weighted by Gasteiger charge is 2.17. The molecule has 0 unspecified atom stereocenters. The Hall–Kier alpha value is -6.12. The highest BCUT2D eigenvalue weighted by atomic mass is 15.1. The summed E-state index contributed by atoms with van der Waals surface area (Å²) in [5.74, 6) is 0. The first-order chi connectivity index (χ1) is 24.8. The Morgan fingerprint density at radius 3 is 1.22 bits per heavy atom. The Kier molecular flexibility index (Phi) is 9.67. The van der Waals surface area contributed by atoms with Crippen LogP contribution in [-0.2, 0) is 5.41 Å². The predicted molar refractivity (Wildman–Crippen MR) is 220 cm³/mol. The Balaban J connectivity index is 1.07. The molecule has 2 nitrogen and oxygen atoms in total. The second kappa shape index (κ2) is 14.8. The van der Waals surface area contributed by atoms with Gasteiger partial charge < -0.3 is 9.80 Å². The lowest BCUT2D eigenvalue weighted by Crippen LogP contribution is -2.13. The quantitative estimate of drug-likeness (QED) is 0.142. The molecule has 0 amide bonds. The van der Waals surface area contributed by atoms with Gasteiger partial charge in [-0.05, 0) is 119 Å². The second-order valence-electron chi connectivity index (χ2n) is 14.1. The number of nitrogens with zero attached hydrogens (tertiary/aromatic N) is 2. The van der Waals surface area contributed by atoms with E-state index in [2.05, 4.69) is 232 Å². The lowest BCUT2D eigenvalue weighted by Gasteiger charge is -2.27. The monoisotopic (exact) mass is 660 g/mol. The first-order valence-electron chi connectivity index (χ1n) is 17.7. The average molecular weight is 661 g/mol. The molecule has 0 heterocycles. The number of rotatable bonds is 9. The van der Waals surface area contributed by atoms with E-state index in [-0.39, 0.29) is 5.41 Å². The molecule has 0 spiro atoms. The molecular weight excluding hydrogens is 617 g/mol. The van der Waals surface area contributed by atoms with Crippen LogP contribution in [0.15, 0.2) is 182 Å². The fourth-order valence-electron chi connectivity index (χ4n) is 6.44. The molecule has 0 aromatic heterocycles. The molecule has 7 rings (SSSR count). The van der Waals surface area contributed by atoms with E-state index in [1.54, 1.807) is 0 Å². The van der Waals surface area contributed by atoms with Gasteiger partial charge in [-0.15, -0.1) is 0 Å². The molecule has 0 N–H and O–H groups in total. The Morgan fingerprint density at radius 1 is 0.373 bits per heavy atom. The van der Waals surface area contributed by atoms with Gasteiger partial charge in [-0.25, -0.2) is 0 Å². The van der Waals surface area contributed by atoms with E-state index in [9.17, 15) is 0 Å². The van der Waals surface area contributed by atoms with E-state index < -0.39 is 0 Å². The van der Waals surface area contributed by atoms with Crippen LogP contribution in [-0.4, -0.2) is 0 Å². The lowest BCUT2D eigenvalue weighted by atomic mass is 9.87. The first-order valence-corrected chi connectivity index (χ1v) is 17.7.